The molecule has 1 aliphatic rings. The number of hydrogen-bond acceptors (Lipinski definition) is 7. The summed E-state index contributed by atoms with van der Waals surface area (Å²) < 4.78 is 11.3. The van der Waals surface area contributed by atoms with E-state index < -0.39 is 18.0 Å². The van der Waals surface area contributed by atoms with E-state index in [1.165, 1.54) is 5.01 Å². The maximum Gasteiger partial charge on any atom is 0.409 e. The zero-order valence-corrected chi connectivity index (χ0v) is 20.8. The second-order valence-electron chi connectivity index (χ2n) is 7.57. The second-order valence-corrected chi connectivity index (χ2v) is 7.57. The molecule has 5 N–H and O–H groups in total. The number of nitrogens with zero attached hydrogens (tertiary/aromatic N) is 1. The summed E-state index contributed by atoms with van der Waals surface area (Å²) in [6.45, 7) is 4.91. The van der Waals surface area contributed by atoms with Crippen LogP contribution in [0.25, 0.3) is 0 Å². The molecule has 0 aliphatic carbocycles. The standard InChI is InChI=1S/C22H25N3O5.C4H4O4/c1-3-29-19-12-9-16(14-20(19)30-4-2)18-6-5-13-25(24-18)21(26)15-7-10-17(11-8-15)23-22(27)28;5-3(6)1-2-4(7)8/h5,7-14,18,23-24H,3-4,6H2,1-2H3,(H,27,28);1-2H,(H,5,6)(H,7,8). The molecule has 0 saturated heterocycles. The number of ether oxygens (including phenoxy) is 2. The number of carboxylic acid groups (broad SMARTS) is 3. The van der Waals surface area contributed by atoms with Crippen LogP contribution in [-0.2, 0) is 9.59 Å². The molecule has 0 spiro atoms. The first kappa shape index (κ1) is 29.4. The molecule has 1 heterocycles. The van der Waals surface area contributed by atoms with Crippen LogP contribution in [0.1, 0.15) is 42.2 Å². The van der Waals surface area contributed by atoms with E-state index in [4.69, 9.17) is 24.8 Å². The van der Waals surface area contributed by atoms with Crippen molar-refractivity contribution in [3.8, 4) is 11.5 Å². The maximum absolute atomic E-state index is 12.8. The van der Waals surface area contributed by atoms with Crippen molar-refractivity contribution in [3.05, 3.63) is 78.0 Å². The summed E-state index contributed by atoms with van der Waals surface area (Å²) in [7, 11) is 0. The quantitative estimate of drug-likeness (QED) is 0.301. The van der Waals surface area contributed by atoms with Gasteiger partial charge in [-0.3, -0.25) is 10.1 Å². The van der Waals surface area contributed by atoms with Gasteiger partial charge in [0.2, 0.25) is 0 Å². The van der Waals surface area contributed by atoms with Gasteiger partial charge in [-0.1, -0.05) is 12.1 Å². The number of carbonyl (C=O) groups excluding carboxylic acids is 1. The summed E-state index contributed by atoms with van der Waals surface area (Å²) >= 11 is 0. The van der Waals surface area contributed by atoms with E-state index in [2.05, 4.69) is 10.7 Å². The molecule has 2 aromatic carbocycles. The van der Waals surface area contributed by atoms with Gasteiger partial charge in [0.1, 0.15) is 0 Å². The highest BCUT2D eigenvalue weighted by molar-refractivity contribution is 5.95. The van der Waals surface area contributed by atoms with Crippen LogP contribution in [0.2, 0.25) is 0 Å². The third-order valence-electron chi connectivity index (χ3n) is 4.86. The predicted molar refractivity (Wildman–Crippen MR) is 137 cm³/mol. The van der Waals surface area contributed by atoms with E-state index in [0.29, 0.717) is 54.5 Å². The van der Waals surface area contributed by atoms with E-state index in [1.807, 2.05) is 38.1 Å². The summed E-state index contributed by atoms with van der Waals surface area (Å²) in [6.07, 6.45) is 4.30. The Kier molecular flexibility index (Phi) is 11.3. The number of benzene rings is 2. The summed E-state index contributed by atoms with van der Waals surface area (Å²) in [5, 5.41) is 28.1. The molecule has 38 heavy (non-hydrogen) atoms. The molecule has 0 aromatic heterocycles. The summed E-state index contributed by atoms with van der Waals surface area (Å²) in [5.41, 5.74) is 5.04. The van der Waals surface area contributed by atoms with Gasteiger partial charge < -0.3 is 24.8 Å². The van der Waals surface area contributed by atoms with Gasteiger partial charge in [-0.05, 0) is 62.2 Å². The van der Waals surface area contributed by atoms with E-state index in [1.54, 1.807) is 30.5 Å². The number of aliphatic carboxylic acids is 2. The number of anilines is 1. The molecule has 0 fully saturated rings. The lowest BCUT2D eigenvalue weighted by atomic mass is 10.0. The minimum atomic E-state index is -1.26. The van der Waals surface area contributed by atoms with Crippen LogP contribution in [-0.4, -0.2) is 57.5 Å². The molecule has 1 aliphatic heterocycles. The molecular weight excluding hydrogens is 498 g/mol. The van der Waals surface area contributed by atoms with Crippen LogP contribution in [0, 0.1) is 0 Å². The fraction of sp³-hybridized carbons (Fsp3) is 0.231. The second kappa shape index (κ2) is 14.7. The summed E-state index contributed by atoms with van der Waals surface area (Å²) in [4.78, 5) is 42.7. The third-order valence-corrected chi connectivity index (χ3v) is 4.86. The predicted octanol–water partition coefficient (Wildman–Crippen LogP) is 3.89. The maximum atomic E-state index is 12.8. The van der Waals surface area contributed by atoms with Gasteiger partial charge in [-0.2, -0.15) is 0 Å². The normalized spacial score (nSPS) is 14.3. The lowest BCUT2D eigenvalue weighted by Gasteiger charge is -2.30. The van der Waals surface area contributed by atoms with Crippen molar-refractivity contribution in [3.63, 3.8) is 0 Å². The SMILES string of the molecule is CCOc1ccc(C2CC=CN(C(=O)c3ccc(NC(=O)O)cc3)N2)cc1OCC.O=C(O)C=CC(=O)O. The van der Waals surface area contributed by atoms with Crippen molar-refractivity contribution >= 4 is 29.6 Å². The number of nitrogens with one attached hydrogen (secondary N) is 2. The highest BCUT2D eigenvalue weighted by Gasteiger charge is 2.23. The fourth-order valence-electron chi connectivity index (χ4n) is 3.29. The van der Waals surface area contributed by atoms with Gasteiger partial charge in [0, 0.05) is 29.6 Å². The summed E-state index contributed by atoms with van der Waals surface area (Å²) in [5.74, 6) is -1.39. The number of carboxylic acids is 2. The third kappa shape index (κ3) is 9.32. The molecule has 0 radical (unpaired) electrons. The molecule has 1 unspecified atom stereocenters. The molecule has 0 saturated carbocycles. The van der Waals surface area contributed by atoms with Crippen LogP contribution in [0.3, 0.4) is 0 Å². The Morgan fingerprint density at radius 1 is 0.947 bits per heavy atom. The molecular formula is C26H29N3O9. The molecule has 1 atom stereocenters. The van der Waals surface area contributed by atoms with Gasteiger partial charge in [-0.25, -0.2) is 24.8 Å². The van der Waals surface area contributed by atoms with Gasteiger partial charge in [0.15, 0.2) is 11.5 Å². The first-order valence-corrected chi connectivity index (χ1v) is 11.5. The van der Waals surface area contributed by atoms with Gasteiger partial charge in [0.25, 0.3) is 5.91 Å². The van der Waals surface area contributed by atoms with Crippen molar-refractivity contribution < 1.29 is 44.0 Å². The fourth-order valence-corrected chi connectivity index (χ4v) is 3.29. The van der Waals surface area contributed by atoms with Crippen LogP contribution >= 0.6 is 0 Å². The first-order chi connectivity index (χ1) is 18.1. The minimum Gasteiger partial charge on any atom is -0.490 e. The zero-order chi connectivity index (χ0) is 28.1. The van der Waals surface area contributed by atoms with Crippen molar-refractivity contribution in [1.82, 2.24) is 10.4 Å². The van der Waals surface area contributed by atoms with Crippen molar-refractivity contribution in [2.45, 2.75) is 26.3 Å². The average molecular weight is 528 g/mol. The Hall–Kier alpha value is -4.84. The summed E-state index contributed by atoms with van der Waals surface area (Å²) in [6, 6.07) is 11.9. The van der Waals surface area contributed by atoms with Crippen LogP contribution in [0.15, 0.2) is 66.9 Å². The van der Waals surface area contributed by atoms with Gasteiger partial charge in [0.05, 0.1) is 19.3 Å². The molecule has 12 nitrogen and oxygen atoms in total. The molecule has 0 bridgehead atoms. The Bertz CT molecular complexity index is 1180. The number of hydrogen-bond donors (Lipinski definition) is 5. The van der Waals surface area contributed by atoms with Gasteiger partial charge in [-0.15, -0.1) is 0 Å². The van der Waals surface area contributed by atoms with Crippen molar-refractivity contribution in [1.29, 1.82) is 0 Å². The van der Waals surface area contributed by atoms with Gasteiger partial charge >= 0.3 is 18.0 Å². The molecule has 3 rings (SSSR count). The number of rotatable bonds is 9. The topological polar surface area (TPSA) is 175 Å². The molecule has 2 amide bonds. The lowest BCUT2D eigenvalue weighted by Crippen LogP contribution is -2.43. The van der Waals surface area contributed by atoms with E-state index in [-0.39, 0.29) is 11.9 Å². The highest BCUT2D eigenvalue weighted by atomic mass is 16.5. The average Bonchev–Trinajstić information content (AvgIpc) is 2.89. The Labute approximate surface area is 218 Å². The van der Waals surface area contributed by atoms with E-state index in [9.17, 15) is 19.2 Å². The number of carbonyl (C=O) groups is 4. The Morgan fingerprint density at radius 3 is 2.11 bits per heavy atom. The van der Waals surface area contributed by atoms with E-state index >= 15 is 0 Å². The Balaban J connectivity index is 0.000000550. The lowest BCUT2D eigenvalue weighted by molar-refractivity contribution is -0.134. The first-order valence-electron chi connectivity index (χ1n) is 11.5. The number of amides is 2. The Morgan fingerprint density at radius 2 is 1.55 bits per heavy atom. The largest absolute Gasteiger partial charge is 0.490 e. The van der Waals surface area contributed by atoms with Crippen molar-refractivity contribution in [2.75, 3.05) is 18.5 Å². The van der Waals surface area contributed by atoms with Crippen LogP contribution in [0.4, 0.5) is 10.5 Å². The molecule has 202 valence electrons. The van der Waals surface area contributed by atoms with Crippen LogP contribution < -0.4 is 20.2 Å². The highest BCUT2D eigenvalue weighted by Crippen LogP contribution is 2.32. The smallest absolute Gasteiger partial charge is 0.409 e. The molecule has 12 heteroatoms. The zero-order valence-electron chi connectivity index (χ0n) is 20.8. The minimum absolute atomic E-state index is 0.109. The van der Waals surface area contributed by atoms with Crippen LogP contribution in [0.5, 0.6) is 11.5 Å². The monoisotopic (exact) mass is 527 g/mol. The number of hydrazine groups is 1. The van der Waals surface area contributed by atoms with E-state index in [0.717, 1.165) is 5.56 Å². The van der Waals surface area contributed by atoms with Crippen molar-refractivity contribution in [2.24, 2.45) is 0 Å². The molecule has 2 aromatic rings.